The highest BCUT2D eigenvalue weighted by Gasteiger charge is 2.18. The molecular formula is C17H24ClN3O4. The standard InChI is InChI=1S/C17H24ClN3O4/c1-11-7-8-13(18)10-14(11)21-16(23)12(2)25-15(22)6-4-3-5-9-20-17(19)24/h7-8,10,12H,3-6,9H2,1-2H3,(H,21,23)(H3,19,20,24)/t12-/m1/s1. The fourth-order valence-electron chi connectivity index (χ4n) is 2.06. The van der Waals surface area contributed by atoms with E-state index >= 15 is 0 Å². The van der Waals surface area contributed by atoms with Crippen molar-refractivity contribution in [1.29, 1.82) is 0 Å². The lowest BCUT2D eigenvalue weighted by molar-refractivity contribution is -0.153. The summed E-state index contributed by atoms with van der Waals surface area (Å²) in [6.07, 6.45) is 1.39. The average molecular weight is 370 g/mol. The van der Waals surface area contributed by atoms with Crippen molar-refractivity contribution in [3.8, 4) is 0 Å². The maximum atomic E-state index is 12.1. The molecule has 0 heterocycles. The Balaban J connectivity index is 2.31. The third kappa shape index (κ3) is 8.39. The topological polar surface area (TPSA) is 111 Å². The highest BCUT2D eigenvalue weighted by molar-refractivity contribution is 6.31. The number of carbonyl (C=O) groups is 3. The summed E-state index contributed by atoms with van der Waals surface area (Å²) < 4.78 is 5.13. The summed E-state index contributed by atoms with van der Waals surface area (Å²) in [5.41, 5.74) is 6.39. The summed E-state index contributed by atoms with van der Waals surface area (Å²) in [7, 11) is 0. The highest BCUT2D eigenvalue weighted by atomic mass is 35.5. The van der Waals surface area contributed by atoms with Gasteiger partial charge in [-0.25, -0.2) is 4.79 Å². The van der Waals surface area contributed by atoms with E-state index in [1.165, 1.54) is 6.92 Å². The van der Waals surface area contributed by atoms with Crippen molar-refractivity contribution < 1.29 is 19.1 Å². The van der Waals surface area contributed by atoms with Crippen LogP contribution in [-0.4, -0.2) is 30.6 Å². The summed E-state index contributed by atoms with van der Waals surface area (Å²) in [4.78, 5) is 34.4. The number of esters is 1. The van der Waals surface area contributed by atoms with Crippen molar-refractivity contribution in [2.24, 2.45) is 5.73 Å². The molecule has 0 aromatic heterocycles. The fraction of sp³-hybridized carbons (Fsp3) is 0.471. The second kappa shape index (κ2) is 10.6. The number of hydrogen-bond donors (Lipinski definition) is 3. The Morgan fingerprint density at radius 2 is 1.96 bits per heavy atom. The number of urea groups is 1. The van der Waals surface area contributed by atoms with Gasteiger partial charge in [-0.05, 0) is 44.4 Å². The van der Waals surface area contributed by atoms with Crippen LogP contribution in [0.3, 0.4) is 0 Å². The molecule has 7 nitrogen and oxygen atoms in total. The van der Waals surface area contributed by atoms with Crippen LogP contribution >= 0.6 is 11.6 Å². The highest BCUT2D eigenvalue weighted by Crippen LogP contribution is 2.20. The van der Waals surface area contributed by atoms with Crippen LogP contribution in [0.2, 0.25) is 5.02 Å². The van der Waals surface area contributed by atoms with Gasteiger partial charge in [0.1, 0.15) is 0 Å². The zero-order valence-corrected chi connectivity index (χ0v) is 15.2. The lowest BCUT2D eigenvalue weighted by Gasteiger charge is -2.15. The number of unbranched alkanes of at least 4 members (excludes halogenated alkanes) is 2. The first kappa shape index (κ1) is 20.8. The number of anilines is 1. The van der Waals surface area contributed by atoms with E-state index in [4.69, 9.17) is 22.1 Å². The summed E-state index contributed by atoms with van der Waals surface area (Å²) in [5, 5.41) is 5.68. The second-order valence-corrected chi connectivity index (χ2v) is 6.12. The van der Waals surface area contributed by atoms with Crippen LogP contribution in [0.15, 0.2) is 18.2 Å². The van der Waals surface area contributed by atoms with Crippen molar-refractivity contribution in [1.82, 2.24) is 5.32 Å². The molecule has 25 heavy (non-hydrogen) atoms. The number of nitrogens with one attached hydrogen (secondary N) is 2. The van der Waals surface area contributed by atoms with Gasteiger partial charge in [-0.1, -0.05) is 24.1 Å². The molecule has 0 spiro atoms. The van der Waals surface area contributed by atoms with Crippen LogP contribution in [0.1, 0.15) is 38.2 Å². The maximum Gasteiger partial charge on any atom is 0.312 e. The first-order valence-corrected chi connectivity index (χ1v) is 8.47. The van der Waals surface area contributed by atoms with Crippen LogP contribution in [0.5, 0.6) is 0 Å². The zero-order valence-electron chi connectivity index (χ0n) is 14.4. The quantitative estimate of drug-likeness (QED) is 0.459. The number of aryl methyl sites for hydroxylation is 1. The van der Waals surface area contributed by atoms with Gasteiger partial charge >= 0.3 is 12.0 Å². The fourth-order valence-corrected chi connectivity index (χ4v) is 2.23. The molecule has 3 amide bonds. The molecule has 1 aromatic rings. The zero-order chi connectivity index (χ0) is 18.8. The van der Waals surface area contributed by atoms with Crippen LogP contribution in [0.25, 0.3) is 0 Å². The number of halogens is 1. The molecule has 0 radical (unpaired) electrons. The Labute approximate surface area is 152 Å². The number of carbonyl (C=O) groups excluding carboxylic acids is 3. The maximum absolute atomic E-state index is 12.1. The monoisotopic (exact) mass is 369 g/mol. The summed E-state index contributed by atoms with van der Waals surface area (Å²) >= 11 is 5.91. The third-order valence-corrected chi connectivity index (χ3v) is 3.73. The molecule has 0 aliphatic heterocycles. The van der Waals surface area contributed by atoms with Gasteiger partial charge in [-0.3, -0.25) is 9.59 Å². The molecule has 0 fully saturated rings. The molecule has 4 N–H and O–H groups in total. The van der Waals surface area contributed by atoms with Gasteiger partial charge < -0.3 is 21.1 Å². The summed E-state index contributed by atoms with van der Waals surface area (Å²) in [5.74, 6) is -0.849. The molecule has 1 atom stereocenters. The minimum absolute atomic E-state index is 0.213. The number of hydrogen-bond acceptors (Lipinski definition) is 4. The molecule has 0 saturated heterocycles. The molecule has 1 rings (SSSR count). The minimum atomic E-state index is -0.901. The lowest BCUT2D eigenvalue weighted by Crippen LogP contribution is -2.30. The molecule has 0 aliphatic carbocycles. The van der Waals surface area contributed by atoms with Crippen molar-refractivity contribution in [2.45, 2.75) is 45.6 Å². The summed E-state index contributed by atoms with van der Waals surface area (Å²) in [6.45, 7) is 3.84. The third-order valence-electron chi connectivity index (χ3n) is 3.49. The smallest absolute Gasteiger partial charge is 0.312 e. The molecule has 0 unspecified atom stereocenters. The number of amides is 3. The molecule has 0 saturated carbocycles. The largest absolute Gasteiger partial charge is 0.453 e. The minimum Gasteiger partial charge on any atom is -0.453 e. The number of ether oxygens (including phenoxy) is 1. The Morgan fingerprint density at radius 3 is 2.64 bits per heavy atom. The van der Waals surface area contributed by atoms with Crippen molar-refractivity contribution in [3.63, 3.8) is 0 Å². The van der Waals surface area contributed by atoms with Crippen LogP contribution in [-0.2, 0) is 14.3 Å². The first-order valence-electron chi connectivity index (χ1n) is 8.09. The number of benzene rings is 1. The first-order chi connectivity index (χ1) is 11.8. The van der Waals surface area contributed by atoms with Crippen LogP contribution < -0.4 is 16.4 Å². The van der Waals surface area contributed by atoms with E-state index in [1.807, 2.05) is 6.92 Å². The van der Waals surface area contributed by atoms with E-state index < -0.39 is 24.0 Å². The van der Waals surface area contributed by atoms with Gasteiger partial charge in [-0.15, -0.1) is 0 Å². The van der Waals surface area contributed by atoms with E-state index in [-0.39, 0.29) is 6.42 Å². The summed E-state index contributed by atoms with van der Waals surface area (Å²) in [6, 6.07) is 4.61. The molecule has 1 aromatic carbocycles. The molecule has 0 aliphatic rings. The van der Waals surface area contributed by atoms with Gasteiger partial charge in [-0.2, -0.15) is 0 Å². The Morgan fingerprint density at radius 1 is 1.24 bits per heavy atom. The van der Waals surface area contributed by atoms with Gasteiger partial charge in [0.15, 0.2) is 6.10 Å². The predicted octanol–water partition coefficient (Wildman–Crippen LogP) is 2.75. The van der Waals surface area contributed by atoms with E-state index in [2.05, 4.69) is 10.6 Å². The van der Waals surface area contributed by atoms with Gasteiger partial charge in [0.2, 0.25) is 0 Å². The van der Waals surface area contributed by atoms with Gasteiger partial charge in [0.25, 0.3) is 5.91 Å². The van der Waals surface area contributed by atoms with Crippen molar-refractivity contribution in [3.05, 3.63) is 28.8 Å². The van der Waals surface area contributed by atoms with E-state index in [1.54, 1.807) is 18.2 Å². The lowest BCUT2D eigenvalue weighted by atomic mass is 10.2. The van der Waals surface area contributed by atoms with E-state index in [9.17, 15) is 14.4 Å². The Bertz CT molecular complexity index is 622. The van der Waals surface area contributed by atoms with Crippen LogP contribution in [0, 0.1) is 6.92 Å². The van der Waals surface area contributed by atoms with Crippen molar-refractivity contribution in [2.75, 3.05) is 11.9 Å². The number of primary amides is 1. The van der Waals surface area contributed by atoms with E-state index in [0.717, 1.165) is 18.4 Å². The predicted molar refractivity (Wildman–Crippen MR) is 96.4 cm³/mol. The Kier molecular flexibility index (Phi) is 8.77. The average Bonchev–Trinajstić information content (AvgIpc) is 2.53. The molecular weight excluding hydrogens is 346 g/mol. The number of nitrogens with two attached hydrogens (primary N) is 1. The van der Waals surface area contributed by atoms with Gasteiger partial charge in [0.05, 0.1) is 0 Å². The molecule has 138 valence electrons. The molecule has 8 heteroatoms. The number of rotatable bonds is 9. The van der Waals surface area contributed by atoms with Gasteiger partial charge in [0, 0.05) is 23.7 Å². The normalized spacial score (nSPS) is 11.5. The van der Waals surface area contributed by atoms with E-state index in [0.29, 0.717) is 23.7 Å². The Hall–Kier alpha value is -2.28. The van der Waals surface area contributed by atoms with Crippen LogP contribution in [0.4, 0.5) is 10.5 Å². The second-order valence-electron chi connectivity index (χ2n) is 5.68. The van der Waals surface area contributed by atoms with Crippen molar-refractivity contribution >= 4 is 35.2 Å². The molecule has 0 bridgehead atoms. The SMILES string of the molecule is Cc1ccc(Cl)cc1NC(=O)[C@@H](C)OC(=O)CCCCCNC(N)=O.